The van der Waals surface area contributed by atoms with Crippen LogP contribution in [-0.2, 0) is 0 Å². The highest BCUT2D eigenvalue weighted by Crippen LogP contribution is 2.45. The molecule has 0 saturated carbocycles. The number of fused-ring (bicyclic) bond motifs is 1. The van der Waals surface area contributed by atoms with Gasteiger partial charge in [0.15, 0.2) is 11.5 Å². The van der Waals surface area contributed by atoms with Gasteiger partial charge in [-0.25, -0.2) is 0 Å². The lowest BCUT2D eigenvalue weighted by atomic mass is 9.95. The van der Waals surface area contributed by atoms with E-state index in [-0.39, 0.29) is 10.6 Å². The molecule has 0 aliphatic rings. The molecule has 116 valence electrons. The van der Waals surface area contributed by atoms with Crippen LogP contribution in [0.25, 0.3) is 21.9 Å². The molecule has 0 saturated heterocycles. The summed E-state index contributed by atoms with van der Waals surface area (Å²) < 4.78 is 10.9. The van der Waals surface area contributed by atoms with E-state index >= 15 is 0 Å². The molecule has 0 atom stereocenters. The van der Waals surface area contributed by atoms with Gasteiger partial charge in [0.05, 0.1) is 24.5 Å². The number of nitrogens with zero attached hydrogens (tertiary/aromatic N) is 1. The normalized spacial score (nSPS) is 10.5. The third kappa shape index (κ3) is 2.46. The summed E-state index contributed by atoms with van der Waals surface area (Å²) in [6.45, 7) is 0. The zero-order valence-corrected chi connectivity index (χ0v) is 12.8. The van der Waals surface area contributed by atoms with Gasteiger partial charge in [0.25, 0.3) is 5.69 Å². The summed E-state index contributed by atoms with van der Waals surface area (Å²) in [4.78, 5) is 11.0. The number of hydrogen-bond acceptors (Lipinski definition) is 4. The van der Waals surface area contributed by atoms with E-state index in [0.717, 1.165) is 16.5 Å². The predicted octanol–water partition coefficient (Wildman–Crippen LogP) is 4.43. The maximum Gasteiger partial charge on any atom is 0.277 e. The molecular formula is C18H15NO4. The molecule has 0 fully saturated rings. The number of benzene rings is 3. The van der Waals surface area contributed by atoms with Gasteiger partial charge in [-0.05, 0) is 11.6 Å². The molecule has 3 aromatic carbocycles. The molecule has 0 heterocycles. The first-order chi connectivity index (χ1) is 11.2. The van der Waals surface area contributed by atoms with Crippen molar-refractivity contribution in [2.75, 3.05) is 14.2 Å². The average molecular weight is 309 g/mol. The second kappa shape index (κ2) is 5.96. The van der Waals surface area contributed by atoms with Crippen molar-refractivity contribution in [3.8, 4) is 22.6 Å². The molecule has 3 aromatic rings. The van der Waals surface area contributed by atoms with Crippen molar-refractivity contribution in [1.82, 2.24) is 0 Å². The summed E-state index contributed by atoms with van der Waals surface area (Å²) in [5.41, 5.74) is 1.74. The highest BCUT2D eigenvalue weighted by atomic mass is 16.6. The van der Waals surface area contributed by atoms with E-state index in [1.807, 2.05) is 36.4 Å². The van der Waals surface area contributed by atoms with Crippen molar-refractivity contribution in [2.45, 2.75) is 0 Å². The first-order valence-electron chi connectivity index (χ1n) is 7.05. The Morgan fingerprint density at radius 3 is 2.26 bits per heavy atom. The summed E-state index contributed by atoms with van der Waals surface area (Å²) in [6, 6.07) is 16.3. The Morgan fingerprint density at radius 1 is 0.913 bits per heavy atom. The third-order valence-corrected chi connectivity index (χ3v) is 3.76. The lowest BCUT2D eigenvalue weighted by Gasteiger charge is -2.16. The van der Waals surface area contributed by atoms with Crippen LogP contribution in [0.3, 0.4) is 0 Å². The Labute approximate surface area is 133 Å². The SMILES string of the molecule is COc1cc2c([N+](=O)[O-])cccc2c(-c2ccccc2)c1OC. The van der Waals surface area contributed by atoms with Gasteiger partial charge >= 0.3 is 0 Å². The van der Waals surface area contributed by atoms with E-state index in [1.165, 1.54) is 13.2 Å². The molecule has 0 bridgehead atoms. The number of nitro benzene ring substituents is 1. The van der Waals surface area contributed by atoms with Crippen LogP contribution in [0, 0.1) is 10.1 Å². The number of nitro groups is 1. The first-order valence-corrected chi connectivity index (χ1v) is 7.05. The summed E-state index contributed by atoms with van der Waals surface area (Å²) >= 11 is 0. The van der Waals surface area contributed by atoms with E-state index in [4.69, 9.17) is 9.47 Å². The minimum Gasteiger partial charge on any atom is -0.493 e. The van der Waals surface area contributed by atoms with Crippen LogP contribution in [0.1, 0.15) is 0 Å². The second-order valence-corrected chi connectivity index (χ2v) is 4.98. The Balaban J connectivity index is 2.49. The van der Waals surface area contributed by atoms with Gasteiger partial charge in [-0.2, -0.15) is 0 Å². The molecule has 0 aliphatic carbocycles. The fourth-order valence-electron chi connectivity index (χ4n) is 2.77. The second-order valence-electron chi connectivity index (χ2n) is 4.98. The number of methoxy groups -OCH3 is 2. The van der Waals surface area contributed by atoms with E-state index in [1.54, 1.807) is 19.2 Å². The first kappa shape index (κ1) is 14.8. The molecule has 23 heavy (non-hydrogen) atoms. The zero-order chi connectivity index (χ0) is 16.4. The Morgan fingerprint density at radius 2 is 1.65 bits per heavy atom. The van der Waals surface area contributed by atoms with Crippen molar-refractivity contribution in [1.29, 1.82) is 0 Å². The minimum atomic E-state index is -0.386. The fraction of sp³-hybridized carbons (Fsp3) is 0.111. The maximum atomic E-state index is 11.4. The molecule has 5 nitrogen and oxygen atoms in total. The number of hydrogen-bond donors (Lipinski definition) is 0. The lowest BCUT2D eigenvalue weighted by Crippen LogP contribution is -1.97. The predicted molar refractivity (Wildman–Crippen MR) is 89.1 cm³/mol. The molecular weight excluding hydrogens is 294 g/mol. The van der Waals surface area contributed by atoms with Crippen molar-refractivity contribution >= 4 is 16.5 Å². The summed E-state index contributed by atoms with van der Waals surface area (Å²) in [6.07, 6.45) is 0. The lowest BCUT2D eigenvalue weighted by molar-refractivity contribution is -0.383. The van der Waals surface area contributed by atoms with E-state index < -0.39 is 0 Å². The summed E-state index contributed by atoms with van der Waals surface area (Å²) in [7, 11) is 3.08. The molecule has 0 spiro atoms. The van der Waals surface area contributed by atoms with Crippen LogP contribution in [0.5, 0.6) is 11.5 Å². The van der Waals surface area contributed by atoms with Crippen LogP contribution >= 0.6 is 0 Å². The molecule has 0 aromatic heterocycles. The Kier molecular flexibility index (Phi) is 3.85. The van der Waals surface area contributed by atoms with E-state index in [9.17, 15) is 10.1 Å². The highest BCUT2D eigenvalue weighted by Gasteiger charge is 2.21. The quantitative estimate of drug-likeness (QED) is 0.528. The van der Waals surface area contributed by atoms with Gasteiger partial charge < -0.3 is 9.47 Å². The molecule has 3 rings (SSSR count). The van der Waals surface area contributed by atoms with Crippen molar-refractivity contribution < 1.29 is 14.4 Å². The topological polar surface area (TPSA) is 61.6 Å². The van der Waals surface area contributed by atoms with Gasteiger partial charge in [-0.3, -0.25) is 10.1 Å². The Bertz CT molecular complexity index is 875. The number of ether oxygens (including phenoxy) is 2. The maximum absolute atomic E-state index is 11.4. The number of non-ortho nitro benzene ring substituents is 1. The van der Waals surface area contributed by atoms with Crippen LogP contribution in [0.2, 0.25) is 0 Å². The van der Waals surface area contributed by atoms with Gasteiger partial charge in [-0.1, -0.05) is 42.5 Å². The van der Waals surface area contributed by atoms with E-state index in [0.29, 0.717) is 16.9 Å². The summed E-state index contributed by atoms with van der Waals surface area (Å²) in [5.74, 6) is 1.03. The molecule has 0 radical (unpaired) electrons. The van der Waals surface area contributed by atoms with Crippen LogP contribution in [0.15, 0.2) is 54.6 Å². The molecule has 0 N–H and O–H groups in total. The van der Waals surface area contributed by atoms with Gasteiger partial charge in [0.2, 0.25) is 0 Å². The largest absolute Gasteiger partial charge is 0.493 e. The molecule has 5 heteroatoms. The molecule has 0 amide bonds. The van der Waals surface area contributed by atoms with Crippen LogP contribution in [0.4, 0.5) is 5.69 Å². The third-order valence-electron chi connectivity index (χ3n) is 3.76. The minimum absolute atomic E-state index is 0.0423. The number of rotatable bonds is 4. The smallest absolute Gasteiger partial charge is 0.277 e. The monoisotopic (exact) mass is 309 g/mol. The molecule has 0 aliphatic heterocycles. The average Bonchev–Trinajstić information content (AvgIpc) is 2.59. The van der Waals surface area contributed by atoms with Crippen molar-refractivity contribution in [2.24, 2.45) is 0 Å². The van der Waals surface area contributed by atoms with Crippen molar-refractivity contribution in [3.05, 3.63) is 64.7 Å². The van der Waals surface area contributed by atoms with Crippen LogP contribution in [-0.4, -0.2) is 19.1 Å². The molecule has 0 unspecified atom stereocenters. The van der Waals surface area contributed by atoms with E-state index in [2.05, 4.69) is 0 Å². The van der Waals surface area contributed by atoms with Gasteiger partial charge in [-0.15, -0.1) is 0 Å². The highest BCUT2D eigenvalue weighted by molar-refractivity contribution is 6.05. The standard InChI is InChI=1S/C18H15NO4/c1-22-16-11-14-13(9-6-10-15(14)19(20)21)17(18(16)23-2)12-7-4-3-5-8-12/h3-11H,1-2H3. The Hall–Kier alpha value is -3.08. The van der Waals surface area contributed by atoms with Gasteiger partial charge in [0.1, 0.15) is 0 Å². The van der Waals surface area contributed by atoms with Crippen LogP contribution < -0.4 is 9.47 Å². The van der Waals surface area contributed by atoms with Crippen molar-refractivity contribution in [3.63, 3.8) is 0 Å². The summed E-state index contributed by atoms with van der Waals surface area (Å²) in [5, 5.41) is 12.6. The fourth-order valence-corrected chi connectivity index (χ4v) is 2.77. The van der Waals surface area contributed by atoms with Gasteiger partial charge in [0, 0.05) is 17.0 Å². The zero-order valence-electron chi connectivity index (χ0n) is 12.8.